The molecule has 0 spiro atoms. The lowest BCUT2D eigenvalue weighted by Crippen LogP contribution is -2.49. The average Bonchev–Trinajstić information content (AvgIpc) is 2.66. The van der Waals surface area contributed by atoms with Crippen LogP contribution in [0.3, 0.4) is 0 Å². The molecule has 0 rings (SSSR count). The highest BCUT2D eigenvalue weighted by molar-refractivity contribution is 5.76. The number of aliphatic hydroxyl groups excluding tert-OH is 2. The Labute approximate surface area is 166 Å². The number of carbonyl (C=O) groups is 1. The van der Waals surface area contributed by atoms with Crippen LogP contribution in [0.15, 0.2) is 0 Å². The van der Waals surface area contributed by atoms with Crippen molar-refractivity contribution in [2.75, 3.05) is 6.61 Å². The summed E-state index contributed by atoms with van der Waals surface area (Å²) < 4.78 is 14.2. The van der Waals surface area contributed by atoms with Gasteiger partial charge in [-0.3, -0.25) is 4.79 Å². The Morgan fingerprint density at radius 1 is 0.852 bits per heavy atom. The number of carbonyl (C=O) groups excluding carboxylic acids is 1. The summed E-state index contributed by atoms with van der Waals surface area (Å²) >= 11 is 0. The van der Waals surface area contributed by atoms with E-state index in [2.05, 4.69) is 12.2 Å². The molecule has 0 heterocycles. The second-order valence-electron chi connectivity index (χ2n) is 7.79. The molecule has 0 aromatic rings. The molecule has 1 amide bonds. The second kappa shape index (κ2) is 18.7. The molecule has 0 aliphatic heterocycles. The first-order valence-electron chi connectivity index (χ1n) is 11.3. The highest BCUT2D eigenvalue weighted by Gasteiger charge is 2.28. The molecule has 0 aliphatic rings. The van der Waals surface area contributed by atoms with Crippen molar-refractivity contribution in [1.82, 2.24) is 5.32 Å². The number of halogens is 1. The van der Waals surface area contributed by atoms with E-state index in [1.54, 1.807) is 0 Å². The van der Waals surface area contributed by atoms with Crippen LogP contribution in [0.2, 0.25) is 0 Å². The van der Waals surface area contributed by atoms with E-state index in [9.17, 15) is 19.4 Å². The monoisotopic (exact) mass is 389 g/mol. The van der Waals surface area contributed by atoms with Gasteiger partial charge in [0, 0.05) is 6.42 Å². The van der Waals surface area contributed by atoms with E-state index < -0.39 is 24.9 Å². The predicted molar refractivity (Wildman–Crippen MR) is 111 cm³/mol. The molecule has 162 valence electrons. The van der Waals surface area contributed by atoms with Crippen molar-refractivity contribution < 1.29 is 19.4 Å². The molecular formula is C22H44FNO3. The summed E-state index contributed by atoms with van der Waals surface area (Å²) in [6.07, 6.45) is 13.1. The van der Waals surface area contributed by atoms with E-state index in [4.69, 9.17) is 0 Å². The van der Waals surface area contributed by atoms with Gasteiger partial charge >= 0.3 is 0 Å². The molecule has 3 atom stereocenters. The number of hydrogen-bond donors (Lipinski definition) is 3. The third-order valence-corrected chi connectivity index (χ3v) is 5.14. The van der Waals surface area contributed by atoms with Crippen LogP contribution >= 0.6 is 0 Å². The molecule has 0 unspecified atom stereocenters. The summed E-state index contributed by atoms with van der Waals surface area (Å²) in [5.41, 5.74) is 0. The van der Waals surface area contributed by atoms with Gasteiger partial charge in [0.1, 0.15) is 12.3 Å². The van der Waals surface area contributed by atoms with Gasteiger partial charge in [0.25, 0.3) is 0 Å². The van der Waals surface area contributed by atoms with Gasteiger partial charge in [0.05, 0.1) is 12.6 Å². The van der Waals surface area contributed by atoms with Gasteiger partial charge in [-0.1, -0.05) is 90.9 Å². The zero-order valence-electron chi connectivity index (χ0n) is 17.7. The Kier molecular flexibility index (Phi) is 18.2. The molecule has 0 saturated carbocycles. The number of alkyl halides is 1. The summed E-state index contributed by atoms with van der Waals surface area (Å²) in [5.74, 6) is -0.256. The number of hydrogen-bond acceptors (Lipinski definition) is 3. The standard InChI is InChI=1S/C22H44FNO3/c1-3-5-6-7-8-9-10-11-12-13-14-15-17-19(23)22(27)20(18-25)24-21(26)16-4-2/h19-20,22,25,27H,3-18H2,1-2H3,(H,24,26)/t19-,20+,22-/m0/s1. The lowest BCUT2D eigenvalue weighted by molar-refractivity contribution is -0.123. The lowest BCUT2D eigenvalue weighted by atomic mass is 10.00. The van der Waals surface area contributed by atoms with Gasteiger partial charge in [-0.05, 0) is 12.8 Å². The maximum absolute atomic E-state index is 14.2. The van der Waals surface area contributed by atoms with Crippen LogP contribution in [0.4, 0.5) is 4.39 Å². The summed E-state index contributed by atoms with van der Waals surface area (Å²) in [6, 6.07) is -0.920. The van der Waals surface area contributed by atoms with Crippen molar-refractivity contribution in [3.05, 3.63) is 0 Å². The van der Waals surface area contributed by atoms with Crippen LogP contribution < -0.4 is 5.32 Å². The van der Waals surface area contributed by atoms with Gasteiger partial charge in [-0.25, -0.2) is 4.39 Å². The molecule has 0 fully saturated rings. The summed E-state index contributed by atoms with van der Waals surface area (Å²) in [7, 11) is 0. The van der Waals surface area contributed by atoms with Crippen molar-refractivity contribution in [3.8, 4) is 0 Å². The molecule has 0 aromatic carbocycles. The van der Waals surface area contributed by atoms with E-state index in [1.165, 1.54) is 57.8 Å². The molecule has 3 N–H and O–H groups in total. The largest absolute Gasteiger partial charge is 0.394 e. The molecule has 0 aliphatic carbocycles. The predicted octanol–water partition coefficient (Wildman–Crippen LogP) is 5.05. The Hall–Kier alpha value is -0.680. The zero-order chi connectivity index (χ0) is 20.3. The number of unbranched alkanes of at least 4 members (excludes halogenated alkanes) is 11. The van der Waals surface area contributed by atoms with Crippen LogP contribution in [0.5, 0.6) is 0 Å². The SMILES string of the molecule is CCCCCCCCCCCCCC[C@H](F)[C@H](O)[C@@H](CO)NC(=O)CCC. The van der Waals surface area contributed by atoms with Crippen LogP contribution in [0.1, 0.15) is 110 Å². The minimum Gasteiger partial charge on any atom is -0.394 e. The third kappa shape index (κ3) is 15.0. The van der Waals surface area contributed by atoms with Gasteiger partial charge < -0.3 is 15.5 Å². The quantitative estimate of drug-likeness (QED) is 0.271. The summed E-state index contributed by atoms with van der Waals surface area (Å²) in [6.45, 7) is 3.66. The van der Waals surface area contributed by atoms with Gasteiger partial charge in [-0.2, -0.15) is 0 Å². The minimum absolute atomic E-state index is 0.256. The molecule has 0 saturated heterocycles. The topological polar surface area (TPSA) is 69.6 Å². The second-order valence-corrected chi connectivity index (χ2v) is 7.79. The van der Waals surface area contributed by atoms with Crippen molar-refractivity contribution >= 4 is 5.91 Å². The van der Waals surface area contributed by atoms with E-state index >= 15 is 0 Å². The fourth-order valence-corrected chi connectivity index (χ4v) is 3.35. The summed E-state index contributed by atoms with van der Waals surface area (Å²) in [5, 5.41) is 21.8. The maximum atomic E-state index is 14.2. The average molecular weight is 390 g/mol. The van der Waals surface area contributed by atoms with E-state index in [0.29, 0.717) is 12.8 Å². The normalized spacial score (nSPS) is 14.7. The van der Waals surface area contributed by atoms with Crippen LogP contribution in [0.25, 0.3) is 0 Å². The van der Waals surface area contributed by atoms with E-state index in [-0.39, 0.29) is 12.3 Å². The maximum Gasteiger partial charge on any atom is 0.220 e. The van der Waals surface area contributed by atoms with Crippen molar-refractivity contribution in [3.63, 3.8) is 0 Å². The Balaban J connectivity index is 3.65. The first-order chi connectivity index (χ1) is 13.1. The van der Waals surface area contributed by atoms with Crippen LogP contribution in [0, 0.1) is 0 Å². The van der Waals surface area contributed by atoms with Crippen molar-refractivity contribution in [1.29, 1.82) is 0 Å². The fraction of sp³-hybridized carbons (Fsp3) is 0.955. The zero-order valence-corrected chi connectivity index (χ0v) is 17.7. The van der Waals surface area contributed by atoms with E-state index in [1.807, 2.05) is 6.92 Å². The number of rotatable bonds is 19. The molecule has 0 radical (unpaired) electrons. The summed E-state index contributed by atoms with van der Waals surface area (Å²) in [4.78, 5) is 11.6. The van der Waals surface area contributed by atoms with Crippen LogP contribution in [-0.2, 0) is 4.79 Å². The lowest BCUT2D eigenvalue weighted by Gasteiger charge is -2.25. The fourth-order valence-electron chi connectivity index (χ4n) is 3.35. The number of nitrogens with one attached hydrogen (secondary N) is 1. The van der Waals surface area contributed by atoms with Crippen molar-refractivity contribution in [2.45, 2.75) is 128 Å². The molecule has 0 bridgehead atoms. The Bertz CT molecular complexity index is 342. The first kappa shape index (κ1) is 26.3. The van der Waals surface area contributed by atoms with Crippen LogP contribution in [-0.4, -0.2) is 41.0 Å². The molecule has 27 heavy (non-hydrogen) atoms. The third-order valence-electron chi connectivity index (χ3n) is 5.14. The number of aliphatic hydroxyl groups is 2. The highest BCUT2D eigenvalue weighted by Crippen LogP contribution is 2.16. The van der Waals surface area contributed by atoms with Gasteiger partial charge in [0.15, 0.2) is 0 Å². The molecule has 4 nitrogen and oxygen atoms in total. The van der Waals surface area contributed by atoms with Gasteiger partial charge in [-0.15, -0.1) is 0 Å². The van der Waals surface area contributed by atoms with Crippen molar-refractivity contribution in [2.24, 2.45) is 0 Å². The molecule has 5 heteroatoms. The number of amides is 1. The van der Waals surface area contributed by atoms with E-state index in [0.717, 1.165) is 19.3 Å². The minimum atomic E-state index is -1.41. The van der Waals surface area contributed by atoms with Gasteiger partial charge in [0.2, 0.25) is 5.91 Å². The molecular weight excluding hydrogens is 345 g/mol. The highest BCUT2D eigenvalue weighted by atomic mass is 19.1. The Morgan fingerprint density at radius 3 is 1.78 bits per heavy atom. The first-order valence-corrected chi connectivity index (χ1v) is 11.3. The Morgan fingerprint density at radius 2 is 1.33 bits per heavy atom. The molecule has 0 aromatic heterocycles. The smallest absolute Gasteiger partial charge is 0.220 e.